The Morgan fingerprint density at radius 3 is 2.47 bits per heavy atom. The van der Waals surface area contributed by atoms with Crippen molar-refractivity contribution in [3.05, 3.63) is 81.0 Å². The number of piperidine rings is 1. The summed E-state index contributed by atoms with van der Waals surface area (Å²) in [6.45, 7) is 0.808. The first kappa shape index (κ1) is 23.8. The van der Waals surface area contributed by atoms with Crippen molar-refractivity contribution in [2.75, 3.05) is 6.54 Å². The number of carboxylic acid groups (broad SMARTS) is 1. The van der Waals surface area contributed by atoms with Crippen LogP contribution in [0.4, 0.5) is 0 Å². The van der Waals surface area contributed by atoms with Gasteiger partial charge in [0.15, 0.2) is 0 Å². The van der Waals surface area contributed by atoms with Gasteiger partial charge in [-0.05, 0) is 49.3 Å². The second kappa shape index (κ2) is 9.06. The monoisotopic (exact) mass is 528 g/mol. The predicted molar refractivity (Wildman–Crippen MR) is 133 cm³/mol. The first-order valence-corrected chi connectivity index (χ1v) is 13.0. The summed E-state index contributed by atoms with van der Waals surface area (Å²) in [7, 11) is 0. The summed E-state index contributed by atoms with van der Waals surface area (Å²) in [5, 5.41) is 16.1. The van der Waals surface area contributed by atoms with Gasteiger partial charge in [-0.3, -0.25) is 4.79 Å². The second-order valence-corrected chi connectivity index (χ2v) is 10.9. The molecule has 2 aliphatic carbocycles. The minimum Gasteiger partial charge on any atom is -0.478 e. The molecule has 2 bridgehead atoms. The topological polar surface area (TPSA) is 88.1 Å². The van der Waals surface area contributed by atoms with Crippen LogP contribution in [0.2, 0.25) is 10.0 Å². The first-order valence-electron chi connectivity index (χ1n) is 12.2. The maximum absolute atomic E-state index is 13.3. The summed E-state index contributed by atoms with van der Waals surface area (Å²) in [6.07, 6.45) is 2.80. The van der Waals surface area contributed by atoms with Gasteiger partial charge in [0.25, 0.3) is 0 Å². The highest BCUT2D eigenvalue weighted by atomic mass is 35.5. The number of hydroxylamine groups is 2. The number of benzene rings is 2. The molecule has 3 fully saturated rings. The van der Waals surface area contributed by atoms with Gasteiger partial charge in [-0.25, -0.2) is 4.79 Å². The van der Waals surface area contributed by atoms with Gasteiger partial charge in [0.2, 0.25) is 0 Å². The number of hydrogen-bond donors (Lipinski definition) is 2. The Morgan fingerprint density at radius 1 is 1.08 bits per heavy atom. The number of nitrogens with one attached hydrogen (secondary N) is 1. The zero-order valence-corrected chi connectivity index (χ0v) is 21.0. The molecule has 4 unspecified atom stereocenters. The highest BCUT2D eigenvalue weighted by Gasteiger charge is 2.61. The number of fused-ring (bicyclic) bond motifs is 2. The Hall–Kier alpha value is -2.58. The number of hydrogen-bond acceptors (Lipinski definition) is 6. The van der Waals surface area contributed by atoms with E-state index < -0.39 is 17.6 Å². The van der Waals surface area contributed by atoms with E-state index >= 15 is 0 Å². The Kier molecular flexibility index (Phi) is 5.99. The number of ether oxygens (including phenoxy) is 1. The van der Waals surface area contributed by atoms with Crippen molar-refractivity contribution < 1.29 is 24.3 Å². The molecule has 7 nitrogen and oxygen atoms in total. The van der Waals surface area contributed by atoms with Gasteiger partial charge >= 0.3 is 11.9 Å². The van der Waals surface area contributed by atoms with Crippen LogP contribution in [0.15, 0.2) is 59.9 Å². The lowest BCUT2D eigenvalue weighted by Crippen LogP contribution is -2.54. The molecule has 0 amide bonds. The summed E-state index contributed by atoms with van der Waals surface area (Å²) in [5.74, 6) is -0.701. The predicted octanol–water partition coefficient (Wildman–Crippen LogP) is 4.89. The molecule has 2 N–H and O–H groups in total. The average molecular weight is 529 g/mol. The fourth-order valence-corrected chi connectivity index (χ4v) is 6.51. The van der Waals surface area contributed by atoms with Crippen LogP contribution in [0.3, 0.4) is 0 Å². The van der Waals surface area contributed by atoms with Crippen molar-refractivity contribution in [2.24, 2.45) is 11.8 Å². The molecule has 2 saturated carbocycles. The number of rotatable bonds is 7. The minimum absolute atomic E-state index is 0.0753. The van der Waals surface area contributed by atoms with Crippen LogP contribution in [0, 0.1) is 11.8 Å². The smallest absolute Gasteiger partial charge is 0.337 e. The molecule has 2 heterocycles. The van der Waals surface area contributed by atoms with E-state index in [0.717, 1.165) is 18.4 Å². The molecular formula is C27H26Cl2N2O5. The van der Waals surface area contributed by atoms with Crippen LogP contribution in [0.25, 0.3) is 0 Å². The van der Waals surface area contributed by atoms with E-state index in [2.05, 4.69) is 5.32 Å². The maximum Gasteiger partial charge on any atom is 0.337 e. The molecule has 0 aromatic heterocycles. The molecule has 0 spiro atoms. The Bertz CT molecular complexity index is 1230. The van der Waals surface area contributed by atoms with Crippen molar-refractivity contribution in [1.29, 1.82) is 0 Å². The summed E-state index contributed by atoms with van der Waals surface area (Å²) in [5.41, 5.74) is 0.787. The number of esters is 1. The van der Waals surface area contributed by atoms with Crippen LogP contribution in [0.1, 0.15) is 42.9 Å². The summed E-state index contributed by atoms with van der Waals surface area (Å²) < 4.78 is 5.71. The van der Waals surface area contributed by atoms with Gasteiger partial charge in [-0.2, -0.15) is 0 Å². The van der Waals surface area contributed by atoms with Gasteiger partial charge in [-0.15, -0.1) is 5.06 Å². The molecule has 0 radical (unpaired) electrons. The third kappa shape index (κ3) is 3.98. The van der Waals surface area contributed by atoms with Crippen molar-refractivity contribution in [3.8, 4) is 0 Å². The standard InChI is InChI=1S/C27H26Cl2N2O5/c28-18-7-4-8-19(29)21(18)23-22(25(32)33)24(16-9-10-16)36-31(23)20-12-27(11-17(20)13-30-27)26(34)35-14-15-5-2-1-3-6-15/h1-8,16-17,20,23,30H,9-14H2,(H,32,33). The molecule has 4 aliphatic rings. The number of allylic oxidation sites excluding steroid dienone is 1. The van der Waals surface area contributed by atoms with Crippen molar-refractivity contribution in [1.82, 2.24) is 10.4 Å². The molecule has 9 heteroatoms. The SMILES string of the molecule is O=C(O)C1=C(C2CC2)ON(C2CC3(C(=O)OCc4ccccc4)CC2CN3)C1c1c(Cl)cccc1Cl. The van der Waals surface area contributed by atoms with E-state index in [1.165, 1.54) is 0 Å². The van der Waals surface area contributed by atoms with E-state index in [-0.39, 0.29) is 36.0 Å². The van der Waals surface area contributed by atoms with Crippen LogP contribution in [0.5, 0.6) is 0 Å². The number of carboxylic acids is 1. The van der Waals surface area contributed by atoms with Crippen LogP contribution >= 0.6 is 23.2 Å². The fraction of sp³-hybridized carbons (Fsp3) is 0.407. The number of halogens is 2. The van der Waals surface area contributed by atoms with Crippen LogP contribution in [-0.2, 0) is 25.8 Å². The van der Waals surface area contributed by atoms with Crippen molar-refractivity contribution >= 4 is 35.1 Å². The lowest BCUT2D eigenvalue weighted by atomic mass is 9.92. The van der Waals surface area contributed by atoms with E-state index in [9.17, 15) is 14.7 Å². The fourth-order valence-electron chi connectivity index (χ4n) is 5.91. The summed E-state index contributed by atoms with van der Waals surface area (Å²) in [4.78, 5) is 32.2. The lowest BCUT2D eigenvalue weighted by molar-refractivity contribution is -0.171. The highest BCUT2D eigenvalue weighted by molar-refractivity contribution is 6.36. The highest BCUT2D eigenvalue weighted by Crippen LogP contribution is 2.55. The summed E-state index contributed by atoms with van der Waals surface area (Å²) in [6, 6.07) is 13.8. The Balaban J connectivity index is 1.30. The Labute approximate surface area is 218 Å². The van der Waals surface area contributed by atoms with E-state index in [0.29, 0.717) is 40.8 Å². The van der Waals surface area contributed by atoms with E-state index in [1.807, 2.05) is 30.3 Å². The third-order valence-corrected chi connectivity index (χ3v) is 8.45. The number of carbonyl (C=O) groups excluding carboxylic acids is 1. The third-order valence-electron chi connectivity index (χ3n) is 7.79. The second-order valence-electron chi connectivity index (χ2n) is 10.1. The lowest BCUT2D eigenvalue weighted by Gasteiger charge is -2.37. The average Bonchev–Trinajstić information content (AvgIpc) is 3.35. The molecule has 188 valence electrons. The number of aliphatic carboxylic acids is 1. The van der Waals surface area contributed by atoms with Gasteiger partial charge < -0.3 is 20.0 Å². The molecule has 36 heavy (non-hydrogen) atoms. The zero-order chi connectivity index (χ0) is 25.0. The molecule has 1 saturated heterocycles. The van der Waals surface area contributed by atoms with E-state index in [4.69, 9.17) is 32.8 Å². The Morgan fingerprint density at radius 2 is 1.81 bits per heavy atom. The number of nitrogens with zero attached hydrogens (tertiary/aromatic N) is 1. The van der Waals surface area contributed by atoms with E-state index in [1.54, 1.807) is 23.3 Å². The molecule has 6 rings (SSSR count). The van der Waals surface area contributed by atoms with Gasteiger partial charge in [0.05, 0.1) is 6.04 Å². The normalized spacial score (nSPS) is 29.4. The van der Waals surface area contributed by atoms with Crippen molar-refractivity contribution in [2.45, 2.75) is 49.9 Å². The van der Waals surface area contributed by atoms with Gasteiger partial charge in [0, 0.05) is 28.1 Å². The molecule has 2 aromatic carbocycles. The molecule has 2 aromatic rings. The van der Waals surface area contributed by atoms with Crippen LogP contribution in [-0.4, -0.2) is 40.2 Å². The molecule has 2 aliphatic heterocycles. The van der Waals surface area contributed by atoms with Crippen LogP contribution < -0.4 is 5.32 Å². The molecular weight excluding hydrogens is 503 g/mol. The molecule has 4 atom stereocenters. The van der Waals surface area contributed by atoms with Gasteiger partial charge in [-0.1, -0.05) is 59.6 Å². The summed E-state index contributed by atoms with van der Waals surface area (Å²) >= 11 is 13.2. The minimum atomic E-state index is -1.04. The van der Waals surface area contributed by atoms with Crippen molar-refractivity contribution in [3.63, 3.8) is 0 Å². The number of carbonyl (C=O) groups is 2. The quantitative estimate of drug-likeness (QED) is 0.494. The van der Waals surface area contributed by atoms with Gasteiger partial charge in [0.1, 0.15) is 29.5 Å². The zero-order valence-electron chi connectivity index (χ0n) is 19.5. The maximum atomic E-state index is 13.3. The first-order chi connectivity index (χ1) is 17.4. The largest absolute Gasteiger partial charge is 0.478 e.